The Morgan fingerprint density at radius 3 is 1.58 bits per heavy atom. The molecule has 0 saturated heterocycles. The van der Waals surface area contributed by atoms with Gasteiger partial charge in [-0.25, -0.2) is 0 Å². The van der Waals surface area contributed by atoms with E-state index < -0.39 is 0 Å². The first-order valence-corrected chi connectivity index (χ1v) is 20.1. The molecule has 0 N–H and O–H groups in total. The number of nitrogens with zero attached hydrogens (tertiary/aromatic N) is 1. The molecule has 1 fully saturated rings. The Hall–Kier alpha value is -5.92. The second-order valence-electron chi connectivity index (χ2n) is 16.3. The Bertz CT molecular complexity index is 2610. The van der Waals surface area contributed by atoms with Gasteiger partial charge < -0.3 is 4.90 Å². The molecular weight excluding hydrogens is 663 g/mol. The van der Waals surface area contributed by atoms with Crippen molar-refractivity contribution in [2.45, 2.75) is 64.2 Å². The molecule has 0 unspecified atom stereocenters. The standard InChI is InChI=1S/C54H49N/c1-54(2,3)42-36-34-40(35-37-42)44-25-9-12-31-50(44)55(51-32-13-10-26-47(51)46-29-15-21-38-20-7-8-24-43(38)46)52-33-14-11-27-48(52)49-30-17-23-41-22-16-28-45(53(41)49)39-18-5-4-6-19-39/h7-17,20-37,39H,4-6,18-19H2,1-3H3. The zero-order valence-corrected chi connectivity index (χ0v) is 32.3. The van der Waals surface area contributed by atoms with E-state index in [1.165, 1.54) is 104 Å². The van der Waals surface area contributed by atoms with Crippen molar-refractivity contribution >= 4 is 38.6 Å². The maximum atomic E-state index is 2.54. The molecule has 0 heterocycles. The van der Waals surface area contributed by atoms with Crippen LogP contribution in [0.25, 0.3) is 54.9 Å². The number of rotatable bonds is 7. The molecule has 55 heavy (non-hydrogen) atoms. The molecule has 0 bridgehead atoms. The number of hydrogen-bond donors (Lipinski definition) is 0. The van der Waals surface area contributed by atoms with Crippen molar-refractivity contribution in [2.24, 2.45) is 0 Å². The lowest BCUT2D eigenvalue weighted by Crippen LogP contribution is -2.14. The zero-order valence-electron chi connectivity index (χ0n) is 32.3. The number of fused-ring (bicyclic) bond motifs is 2. The maximum absolute atomic E-state index is 2.54. The first kappa shape index (κ1) is 34.8. The summed E-state index contributed by atoms with van der Waals surface area (Å²) in [6.45, 7) is 6.85. The third kappa shape index (κ3) is 6.63. The molecule has 1 saturated carbocycles. The summed E-state index contributed by atoms with van der Waals surface area (Å²) in [5.74, 6) is 0.589. The van der Waals surface area contributed by atoms with Crippen LogP contribution >= 0.6 is 0 Å². The lowest BCUT2D eigenvalue weighted by Gasteiger charge is -2.32. The fraction of sp³-hybridized carbons (Fsp3) is 0.185. The molecule has 270 valence electrons. The molecule has 0 amide bonds. The lowest BCUT2D eigenvalue weighted by atomic mass is 9.80. The molecule has 8 aromatic rings. The molecule has 8 aromatic carbocycles. The molecule has 1 nitrogen and oxygen atoms in total. The molecule has 1 heteroatoms. The minimum atomic E-state index is 0.0787. The van der Waals surface area contributed by atoms with Gasteiger partial charge in [0.25, 0.3) is 0 Å². The van der Waals surface area contributed by atoms with E-state index in [2.05, 4.69) is 202 Å². The first-order chi connectivity index (χ1) is 27.0. The summed E-state index contributed by atoms with van der Waals surface area (Å²) in [5.41, 5.74) is 13.8. The van der Waals surface area contributed by atoms with Gasteiger partial charge >= 0.3 is 0 Å². The minimum Gasteiger partial charge on any atom is -0.309 e. The van der Waals surface area contributed by atoms with E-state index in [1.807, 2.05) is 0 Å². The van der Waals surface area contributed by atoms with Gasteiger partial charge in [0.2, 0.25) is 0 Å². The normalized spacial score (nSPS) is 13.7. The van der Waals surface area contributed by atoms with Crippen molar-refractivity contribution < 1.29 is 0 Å². The van der Waals surface area contributed by atoms with E-state index in [4.69, 9.17) is 0 Å². The number of anilines is 3. The van der Waals surface area contributed by atoms with E-state index in [-0.39, 0.29) is 5.41 Å². The first-order valence-electron chi connectivity index (χ1n) is 20.1. The Labute approximate surface area is 326 Å². The maximum Gasteiger partial charge on any atom is 0.0540 e. The Morgan fingerprint density at radius 1 is 0.418 bits per heavy atom. The van der Waals surface area contributed by atoms with E-state index in [9.17, 15) is 0 Å². The molecule has 0 aliphatic heterocycles. The van der Waals surface area contributed by atoms with E-state index >= 15 is 0 Å². The average Bonchev–Trinajstić information content (AvgIpc) is 3.24. The van der Waals surface area contributed by atoms with Gasteiger partial charge in [0.15, 0.2) is 0 Å². The molecule has 0 aromatic heterocycles. The van der Waals surface area contributed by atoms with Crippen LogP contribution < -0.4 is 4.90 Å². The average molecular weight is 712 g/mol. The van der Waals surface area contributed by atoms with Crippen molar-refractivity contribution in [3.8, 4) is 33.4 Å². The Balaban J connectivity index is 1.32. The van der Waals surface area contributed by atoms with Gasteiger partial charge in [0.1, 0.15) is 0 Å². The smallest absolute Gasteiger partial charge is 0.0540 e. The molecular formula is C54H49N. The summed E-state index contributed by atoms with van der Waals surface area (Å²) < 4.78 is 0. The topological polar surface area (TPSA) is 3.24 Å². The van der Waals surface area contributed by atoms with Gasteiger partial charge in [-0.2, -0.15) is 0 Å². The van der Waals surface area contributed by atoms with Crippen LogP contribution in [0.5, 0.6) is 0 Å². The third-order valence-corrected chi connectivity index (χ3v) is 11.8. The fourth-order valence-electron chi connectivity index (χ4n) is 9.05. The highest BCUT2D eigenvalue weighted by atomic mass is 15.1. The van der Waals surface area contributed by atoms with Crippen LogP contribution in [0.1, 0.15) is 69.9 Å². The quantitative estimate of drug-likeness (QED) is 0.159. The minimum absolute atomic E-state index is 0.0787. The van der Waals surface area contributed by atoms with Gasteiger partial charge in [0, 0.05) is 16.7 Å². The fourth-order valence-corrected chi connectivity index (χ4v) is 9.05. The monoisotopic (exact) mass is 711 g/mol. The van der Waals surface area contributed by atoms with E-state index in [1.54, 1.807) is 0 Å². The lowest BCUT2D eigenvalue weighted by molar-refractivity contribution is 0.445. The molecule has 0 spiro atoms. The van der Waals surface area contributed by atoms with Gasteiger partial charge in [-0.3, -0.25) is 0 Å². The Kier molecular flexibility index (Phi) is 9.32. The summed E-state index contributed by atoms with van der Waals surface area (Å²) in [6, 6.07) is 65.6. The van der Waals surface area contributed by atoms with Crippen LogP contribution in [0, 0.1) is 0 Å². The third-order valence-electron chi connectivity index (χ3n) is 11.8. The van der Waals surface area contributed by atoms with Gasteiger partial charge in [0.05, 0.1) is 17.1 Å². The molecule has 0 atom stereocenters. The second-order valence-corrected chi connectivity index (χ2v) is 16.3. The molecule has 1 aliphatic carbocycles. The molecule has 1 aliphatic rings. The van der Waals surface area contributed by atoms with Crippen molar-refractivity contribution in [2.75, 3.05) is 4.90 Å². The second kappa shape index (κ2) is 14.7. The van der Waals surface area contributed by atoms with Gasteiger partial charge in [-0.1, -0.05) is 198 Å². The van der Waals surface area contributed by atoms with E-state index in [0.29, 0.717) is 5.92 Å². The number of hydrogen-bond acceptors (Lipinski definition) is 1. The zero-order chi connectivity index (χ0) is 37.4. The van der Waals surface area contributed by atoms with E-state index in [0.717, 1.165) is 11.4 Å². The van der Waals surface area contributed by atoms with Gasteiger partial charge in [-0.05, 0) is 91.7 Å². The van der Waals surface area contributed by atoms with Crippen LogP contribution in [0.4, 0.5) is 17.1 Å². The SMILES string of the molecule is CC(C)(C)c1ccc(-c2ccccc2N(c2ccccc2-c2cccc3ccccc23)c2ccccc2-c2cccc3cccc(C4CCCCC4)c23)cc1. The predicted molar refractivity (Wildman–Crippen MR) is 237 cm³/mol. The van der Waals surface area contributed by atoms with Crippen LogP contribution in [0.15, 0.2) is 176 Å². The summed E-state index contributed by atoms with van der Waals surface area (Å²) in [7, 11) is 0. The van der Waals surface area contributed by atoms with Crippen LogP contribution in [-0.4, -0.2) is 0 Å². The van der Waals surface area contributed by atoms with Crippen molar-refractivity contribution in [3.05, 3.63) is 187 Å². The summed E-state index contributed by atoms with van der Waals surface area (Å²) in [4.78, 5) is 2.54. The highest BCUT2D eigenvalue weighted by Crippen LogP contribution is 2.50. The number of benzene rings is 8. The van der Waals surface area contributed by atoms with Crippen molar-refractivity contribution in [1.29, 1.82) is 0 Å². The highest BCUT2D eigenvalue weighted by Gasteiger charge is 2.26. The summed E-state index contributed by atoms with van der Waals surface area (Å²) in [5, 5.41) is 5.21. The summed E-state index contributed by atoms with van der Waals surface area (Å²) >= 11 is 0. The van der Waals surface area contributed by atoms with Crippen molar-refractivity contribution in [1.82, 2.24) is 0 Å². The molecule has 9 rings (SSSR count). The van der Waals surface area contributed by atoms with Crippen LogP contribution in [0.2, 0.25) is 0 Å². The Morgan fingerprint density at radius 2 is 0.909 bits per heavy atom. The molecule has 0 radical (unpaired) electrons. The predicted octanol–water partition coefficient (Wildman–Crippen LogP) is 15.8. The number of para-hydroxylation sites is 3. The van der Waals surface area contributed by atoms with Crippen LogP contribution in [0.3, 0.4) is 0 Å². The van der Waals surface area contributed by atoms with Gasteiger partial charge in [-0.15, -0.1) is 0 Å². The highest BCUT2D eigenvalue weighted by molar-refractivity contribution is 6.06. The summed E-state index contributed by atoms with van der Waals surface area (Å²) in [6.07, 6.45) is 6.50. The largest absolute Gasteiger partial charge is 0.309 e. The van der Waals surface area contributed by atoms with Crippen molar-refractivity contribution in [3.63, 3.8) is 0 Å². The van der Waals surface area contributed by atoms with Crippen LogP contribution in [-0.2, 0) is 5.41 Å².